The molecule has 3 fully saturated rings. The van der Waals surface area contributed by atoms with Crippen LogP contribution in [-0.2, 0) is 14.3 Å². The van der Waals surface area contributed by atoms with Gasteiger partial charge in [-0.2, -0.15) is 0 Å². The first kappa shape index (κ1) is 22.5. The van der Waals surface area contributed by atoms with E-state index in [1.807, 2.05) is 19.0 Å². The predicted molar refractivity (Wildman–Crippen MR) is 113 cm³/mol. The number of aliphatic hydroxyl groups excluding tert-OH is 1. The monoisotopic (exact) mass is 405 g/mol. The van der Waals surface area contributed by atoms with Crippen molar-refractivity contribution in [3.05, 3.63) is 11.6 Å². The third-order valence-electron chi connectivity index (χ3n) is 8.52. The number of hydrogen-bond acceptors (Lipinski definition) is 5. The Bertz CT molecular complexity index is 682. The molecule has 0 radical (unpaired) electrons. The van der Waals surface area contributed by atoms with Gasteiger partial charge in [-0.25, -0.2) is 4.79 Å². The molecule has 6 atom stereocenters. The van der Waals surface area contributed by atoms with Crippen molar-refractivity contribution in [1.29, 1.82) is 0 Å². The molecule has 164 valence electrons. The van der Waals surface area contributed by atoms with Gasteiger partial charge < -0.3 is 14.7 Å². The summed E-state index contributed by atoms with van der Waals surface area (Å²) in [6.45, 7) is 9.82. The molecule has 3 saturated carbocycles. The fourth-order valence-electron chi connectivity index (χ4n) is 6.63. The van der Waals surface area contributed by atoms with Crippen LogP contribution < -0.4 is 0 Å². The molecule has 29 heavy (non-hydrogen) atoms. The molecule has 1 N–H and O–H groups in total. The Labute approximate surface area is 175 Å². The maximum atomic E-state index is 13.3. The lowest BCUT2D eigenvalue weighted by atomic mass is 9.42. The van der Waals surface area contributed by atoms with Crippen LogP contribution in [0.15, 0.2) is 11.6 Å². The van der Waals surface area contributed by atoms with E-state index in [0.717, 1.165) is 31.3 Å². The van der Waals surface area contributed by atoms with Gasteiger partial charge in [0.25, 0.3) is 0 Å². The van der Waals surface area contributed by atoms with Crippen LogP contribution in [0.2, 0.25) is 0 Å². The van der Waals surface area contributed by atoms with Gasteiger partial charge in [0.1, 0.15) is 12.4 Å². The minimum atomic E-state index is -0.335. The van der Waals surface area contributed by atoms with E-state index < -0.39 is 0 Å². The topological polar surface area (TPSA) is 66.8 Å². The van der Waals surface area contributed by atoms with Gasteiger partial charge in [-0.1, -0.05) is 33.3 Å². The highest BCUT2D eigenvalue weighted by atomic mass is 16.5. The number of carbonyl (C=O) groups is 2. The summed E-state index contributed by atoms with van der Waals surface area (Å²) in [4.78, 5) is 27.5. The van der Waals surface area contributed by atoms with E-state index in [1.165, 1.54) is 0 Å². The molecule has 0 heterocycles. The number of Topliss-reactive ketones (excluding diaryl/α,β-unsaturated/α-hetero) is 1. The highest BCUT2D eigenvalue weighted by molar-refractivity contribution is 5.86. The minimum Gasteiger partial charge on any atom is -0.461 e. The summed E-state index contributed by atoms with van der Waals surface area (Å²) in [5.41, 5.74) is 0.905. The molecule has 0 aromatic rings. The lowest BCUT2D eigenvalue weighted by Gasteiger charge is -2.62. The number of hydrogen-bond donors (Lipinski definition) is 1. The number of carbonyl (C=O) groups excluding carboxylic acids is 2. The number of nitrogens with zero attached hydrogens (tertiary/aromatic N) is 1. The van der Waals surface area contributed by atoms with Gasteiger partial charge in [-0.3, -0.25) is 4.79 Å². The SMILES string of the molecule is C[C@H]1/C(=C/C(=O)OCCN(C)C)CC[C@@H]2[C@@H]1C(=O)C[C@H]1C(C)(C)[C@@H](O)CC[C@@]21C. The second kappa shape index (κ2) is 8.14. The average Bonchev–Trinajstić information content (AvgIpc) is 2.63. The maximum absolute atomic E-state index is 13.3. The maximum Gasteiger partial charge on any atom is 0.330 e. The third-order valence-corrected chi connectivity index (χ3v) is 8.52. The first-order valence-corrected chi connectivity index (χ1v) is 11.2. The second-order valence-corrected chi connectivity index (χ2v) is 10.8. The van der Waals surface area contributed by atoms with E-state index in [-0.39, 0.29) is 40.7 Å². The summed E-state index contributed by atoms with van der Waals surface area (Å²) in [6, 6.07) is 0. The van der Waals surface area contributed by atoms with Crippen LogP contribution in [0.25, 0.3) is 0 Å². The highest BCUT2D eigenvalue weighted by Crippen LogP contribution is 2.63. The lowest BCUT2D eigenvalue weighted by molar-refractivity contribution is -0.172. The molecule has 5 heteroatoms. The van der Waals surface area contributed by atoms with Crippen molar-refractivity contribution in [2.45, 2.75) is 65.9 Å². The number of aliphatic hydroxyl groups is 1. The van der Waals surface area contributed by atoms with Crippen molar-refractivity contribution in [2.24, 2.45) is 34.5 Å². The Morgan fingerprint density at radius 2 is 1.97 bits per heavy atom. The van der Waals surface area contributed by atoms with Gasteiger partial charge >= 0.3 is 5.97 Å². The van der Waals surface area contributed by atoms with Gasteiger partial charge in [-0.15, -0.1) is 0 Å². The van der Waals surface area contributed by atoms with Gasteiger partial charge in [0.05, 0.1) is 6.10 Å². The summed E-state index contributed by atoms with van der Waals surface area (Å²) >= 11 is 0. The van der Waals surface area contributed by atoms with E-state index in [1.54, 1.807) is 6.08 Å². The predicted octanol–water partition coefficient (Wildman–Crippen LogP) is 3.46. The number of allylic oxidation sites excluding steroid dienone is 1. The number of ketones is 1. The van der Waals surface area contributed by atoms with Crippen LogP contribution >= 0.6 is 0 Å². The Morgan fingerprint density at radius 3 is 2.62 bits per heavy atom. The highest BCUT2D eigenvalue weighted by Gasteiger charge is 2.61. The molecule has 0 unspecified atom stereocenters. The average molecular weight is 406 g/mol. The summed E-state index contributed by atoms with van der Waals surface area (Å²) in [7, 11) is 3.90. The van der Waals surface area contributed by atoms with Gasteiger partial charge in [-0.05, 0) is 68.4 Å². The Morgan fingerprint density at radius 1 is 1.28 bits per heavy atom. The summed E-state index contributed by atoms with van der Waals surface area (Å²) in [6.07, 6.45) is 5.44. The molecule has 0 aliphatic heterocycles. The van der Waals surface area contributed by atoms with Crippen molar-refractivity contribution in [1.82, 2.24) is 4.90 Å². The molecule has 0 amide bonds. The van der Waals surface area contributed by atoms with Crippen molar-refractivity contribution in [3.8, 4) is 0 Å². The fraction of sp³-hybridized carbons (Fsp3) is 0.833. The zero-order chi connectivity index (χ0) is 21.6. The molecule has 0 bridgehead atoms. The van der Waals surface area contributed by atoms with Crippen molar-refractivity contribution in [3.63, 3.8) is 0 Å². The minimum absolute atomic E-state index is 0.0168. The normalized spacial score (nSPS) is 40.5. The van der Waals surface area contributed by atoms with E-state index >= 15 is 0 Å². The summed E-state index contributed by atoms with van der Waals surface area (Å²) in [5.74, 6) is 0.645. The molecule has 0 saturated heterocycles. The Hall–Kier alpha value is -1.20. The lowest BCUT2D eigenvalue weighted by Crippen LogP contribution is -2.60. The van der Waals surface area contributed by atoms with Crippen LogP contribution in [0.1, 0.15) is 59.8 Å². The fourth-order valence-corrected chi connectivity index (χ4v) is 6.63. The molecule has 3 rings (SSSR count). The zero-order valence-corrected chi connectivity index (χ0v) is 19.0. The molecule has 5 nitrogen and oxygen atoms in total. The van der Waals surface area contributed by atoms with Crippen LogP contribution in [0.3, 0.4) is 0 Å². The summed E-state index contributed by atoms with van der Waals surface area (Å²) < 4.78 is 5.34. The van der Waals surface area contributed by atoms with Crippen molar-refractivity contribution < 1.29 is 19.4 Å². The standard InChI is InChI=1S/C24H39NO4/c1-15-16(13-21(28)29-12-11-25(5)6)7-8-17-22(15)18(26)14-19-23(2,3)20(27)9-10-24(17,19)4/h13,15,17,19-20,22,27H,7-12,14H2,1-6H3/b16-13+/t15-,17+,19-,20-,22+,24-/m0/s1. The smallest absolute Gasteiger partial charge is 0.330 e. The number of ether oxygens (including phenoxy) is 1. The molecule has 0 aromatic heterocycles. The molecule has 0 aromatic carbocycles. The van der Waals surface area contributed by atoms with E-state index in [2.05, 4.69) is 27.7 Å². The molecule has 3 aliphatic carbocycles. The Kier molecular flexibility index (Phi) is 6.31. The van der Waals surface area contributed by atoms with Crippen LogP contribution in [0, 0.1) is 34.5 Å². The van der Waals surface area contributed by atoms with E-state index in [9.17, 15) is 14.7 Å². The molecular weight excluding hydrogens is 366 g/mol. The molecular formula is C24H39NO4. The first-order valence-electron chi connectivity index (χ1n) is 11.2. The second-order valence-electron chi connectivity index (χ2n) is 10.8. The van der Waals surface area contributed by atoms with Gasteiger partial charge in [0, 0.05) is 25.0 Å². The Balaban J connectivity index is 1.78. The summed E-state index contributed by atoms with van der Waals surface area (Å²) in [5, 5.41) is 10.6. The number of esters is 1. The first-order chi connectivity index (χ1) is 13.5. The molecule has 0 spiro atoms. The van der Waals surface area contributed by atoms with Crippen molar-refractivity contribution in [2.75, 3.05) is 27.2 Å². The van der Waals surface area contributed by atoms with Crippen molar-refractivity contribution >= 4 is 11.8 Å². The van der Waals surface area contributed by atoms with Crippen LogP contribution in [-0.4, -0.2) is 55.1 Å². The van der Waals surface area contributed by atoms with E-state index in [4.69, 9.17) is 4.74 Å². The zero-order valence-electron chi connectivity index (χ0n) is 19.0. The van der Waals surface area contributed by atoms with Crippen LogP contribution in [0.5, 0.6) is 0 Å². The van der Waals surface area contributed by atoms with Crippen LogP contribution in [0.4, 0.5) is 0 Å². The van der Waals surface area contributed by atoms with Gasteiger partial charge in [0.15, 0.2) is 0 Å². The van der Waals surface area contributed by atoms with Gasteiger partial charge in [0.2, 0.25) is 0 Å². The van der Waals surface area contributed by atoms with E-state index in [0.29, 0.717) is 31.3 Å². The largest absolute Gasteiger partial charge is 0.461 e. The number of likely N-dealkylation sites (N-methyl/N-ethyl adjacent to an activating group) is 1. The quantitative estimate of drug-likeness (QED) is 0.573. The number of rotatable bonds is 4. The molecule has 3 aliphatic rings. The third kappa shape index (κ3) is 4.05. The number of fused-ring (bicyclic) bond motifs is 3.